The smallest absolute Gasteiger partial charge is 0.0406 e. The van der Waals surface area contributed by atoms with Crippen molar-refractivity contribution >= 4 is 24.0 Å². The predicted octanol–water partition coefficient (Wildman–Crippen LogP) is 5.33. The molecule has 1 aliphatic rings. The van der Waals surface area contributed by atoms with Crippen LogP contribution in [0.2, 0.25) is 5.02 Å². The van der Waals surface area contributed by atoms with Crippen LogP contribution in [0.1, 0.15) is 51.1 Å². The highest BCUT2D eigenvalue weighted by atomic mass is 35.5. The Kier molecular flexibility index (Phi) is 7.20. The number of benzene rings is 1. The summed E-state index contributed by atoms with van der Waals surface area (Å²) in [7, 11) is 0. The predicted molar refractivity (Wildman–Crippen MR) is 86.3 cm³/mol. The molecule has 0 aromatic heterocycles. The Morgan fingerprint density at radius 3 is 2.32 bits per heavy atom. The molecule has 3 heteroatoms. The van der Waals surface area contributed by atoms with Gasteiger partial charge in [0.05, 0.1) is 0 Å². The van der Waals surface area contributed by atoms with Crippen molar-refractivity contribution in [1.29, 1.82) is 0 Å². The van der Waals surface area contributed by atoms with E-state index in [4.69, 9.17) is 11.6 Å². The summed E-state index contributed by atoms with van der Waals surface area (Å²) in [4.78, 5) is 2.66. The molecule has 0 bridgehead atoms. The molecule has 1 fully saturated rings. The summed E-state index contributed by atoms with van der Waals surface area (Å²) in [6.45, 7) is 7.13. The Bertz CT molecular complexity index is 356. The number of hydrogen-bond donors (Lipinski definition) is 0. The van der Waals surface area contributed by atoms with E-state index in [0.717, 1.165) is 10.9 Å². The fraction of sp³-hybridized carbons (Fsp3) is 0.625. The van der Waals surface area contributed by atoms with Crippen LogP contribution < -0.4 is 0 Å². The number of nitrogens with zero attached hydrogens (tertiary/aromatic N) is 1. The normalized spacial score (nSPS) is 18.9. The van der Waals surface area contributed by atoms with Crippen molar-refractivity contribution in [2.75, 3.05) is 13.1 Å². The quantitative estimate of drug-likeness (QED) is 0.726. The molecule has 1 atom stereocenters. The van der Waals surface area contributed by atoms with Gasteiger partial charge in [-0.25, -0.2) is 0 Å². The largest absolute Gasteiger partial charge is 0.296 e. The molecule has 108 valence electrons. The highest BCUT2D eigenvalue weighted by Crippen LogP contribution is 2.30. The zero-order valence-corrected chi connectivity index (χ0v) is 13.5. The van der Waals surface area contributed by atoms with Gasteiger partial charge in [0, 0.05) is 11.1 Å². The van der Waals surface area contributed by atoms with E-state index >= 15 is 0 Å². The van der Waals surface area contributed by atoms with E-state index in [1.165, 1.54) is 44.3 Å². The molecular formula is C16H25Cl2N. The molecule has 19 heavy (non-hydrogen) atoms. The van der Waals surface area contributed by atoms with E-state index in [0.29, 0.717) is 6.04 Å². The summed E-state index contributed by atoms with van der Waals surface area (Å²) in [5.74, 6) is 0.897. The molecule has 1 aromatic rings. The Hall–Kier alpha value is -0.240. The van der Waals surface area contributed by atoms with Gasteiger partial charge in [0.1, 0.15) is 0 Å². The summed E-state index contributed by atoms with van der Waals surface area (Å²) >= 11 is 5.98. The van der Waals surface area contributed by atoms with Crippen molar-refractivity contribution in [3.63, 3.8) is 0 Å². The molecule has 0 N–H and O–H groups in total. The van der Waals surface area contributed by atoms with Crippen LogP contribution in [0.15, 0.2) is 24.3 Å². The highest BCUT2D eigenvalue weighted by Gasteiger charge is 2.23. The first-order chi connectivity index (χ1) is 8.70. The second-order valence-electron chi connectivity index (χ2n) is 5.57. The van der Waals surface area contributed by atoms with Gasteiger partial charge < -0.3 is 0 Å². The Morgan fingerprint density at radius 1 is 1.21 bits per heavy atom. The fourth-order valence-corrected chi connectivity index (χ4v) is 2.98. The third kappa shape index (κ3) is 4.66. The molecule has 1 aliphatic heterocycles. The molecular weight excluding hydrogens is 277 g/mol. The lowest BCUT2D eigenvalue weighted by Crippen LogP contribution is -2.36. The number of hydrogen-bond acceptors (Lipinski definition) is 1. The Morgan fingerprint density at radius 2 is 1.79 bits per heavy atom. The Labute approximate surface area is 128 Å². The van der Waals surface area contributed by atoms with Gasteiger partial charge in [0.15, 0.2) is 0 Å². The zero-order chi connectivity index (χ0) is 13.0. The Balaban J connectivity index is 0.00000180. The van der Waals surface area contributed by atoms with Crippen LogP contribution in [0, 0.1) is 5.92 Å². The molecule has 1 unspecified atom stereocenters. The van der Waals surface area contributed by atoms with Crippen LogP contribution >= 0.6 is 24.0 Å². The molecule has 0 spiro atoms. The minimum Gasteiger partial charge on any atom is -0.296 e. The van der Waals surface area contributed by atoms with E-state index in [2.05, 4.69) is 30.9 Å². The lowest BCUT2D eigenvalue weighted by Gasteiger charge is -2.37. The van der Waals surface area contributed by atoms with Gasteiger partial charge in [-0.05, 0) is 56.0 Å². The van der Waals surface area contributed by atoms with Crippen LogP contribution in [0.5, 0.6) is 0 Å². The molecule has 0 radical (unpaired) electrons. The summed E-state index contributed by atoms with van der Waals surface area (Å²) in [6.07, 6.45) is 5.16. The topological polar surface area (TPSA) is 3.24 Å². The molecule has 0 saturated carbocycles. The number of halogens is 2. The molecule has 0 aliphatic carbocycles. The van der Waals surface area contributed by atoms with E-state index in [1.807, 2.05) is 12.1 Å². The summed E-state index contributed by atoms with van der Waals surface area (Å²) in [5, 5.41) is 0.835. The standard InChI is InChI=1S/C16H24ClN.ClH/c1-3-4-16(14-5-7-15(17)8-6-14)18-11-9-13(2)10-12-18;/h5-8,13,16H,3-4,9-12H2,1-2H3;1H. The van der Waals surface area contributed by atoms with Crippen LogP contribution in [0.3, 0.4) is 0 Å². The molecule has 2 rings (SSSR count). The lowest BCUT2D eigenvalue weighted by molar-refractivity contribution is 0.131. The minimum absolute atomic E-state index is 0. The van der Waals surface area contributed by atoms with Gasteiger partial charge in [-0.2, -0.15) is 0 Å². The van der Waals surface area contributed by atoms with Gasteiger partial charge in [0.2, 0.25) is 0 Å². The van der Waals surface area contributed by atoms with Crippen molar-refractivity contribution in [2.45, 2.75) is 45.6 Å². The minimum atomic E-state index is 0. The van der Waals surface area contributed by atoms with Crippen molar-refractivity contribution < 1.29 is 0 Å². The maximum atomic E-state index is 5.98. The fourth-order valence-electron chi connectivity index (χ4n) is 2.86. The van der Waals surface area contributed by atoms with E-state index in [9.17, 15) is 0 Å². The number of rotatable bonds is 4. The van der Waals surface area contributed by atoms with Crippen molar-refractivity contribution in [2.24, 2.45) is 5.92 Å². The maximum absolute atomic E-state index is 5.98. The number of likely N-dealkylation sites (tertiary alicyclic amines) is 1. The average molecular weight is 302 g/mol. The SMILES string of the molecule is CCCC(c1ccc(Cl)cc1)N1CCC(C)CC1.Cl. The molecule has 0 amide bonds. The third-order valence-corrected chi connectivity index (χ3v) is 4.33. The van der Waals surface area contributed by atoms with Crippen LogP contribution in [0.25, 0.3) is 0 Å². The lowest BCUT2D eigenvalue weighted by atomic mass is 9.94. The van der Waals surface area contributed by atoms with Crippen molar-refractivity contribution in [3.05, 3.63) is 34.9 Å². The second kappa shape index (κ2) is 8.14. The first-order valence-corrected chi connectivity index (χ1v) is 7.58. The zero-order valence-electron chi connectivity index (χ0n) is 11.9. The van der Waals surface area contributed by atoms with Crippen molar-refractivity contribution in [1.82, 2.24) is 4.90 Å². The monoisotopic (exact) mass is 301 g/mol. The molecule has 1 nitrogen and oxygen atoms in total. The molecule has 1 heterocycles. The first-order valence-electron chi connectivity index (χ1n) is 7.20. The number of piperidine rings is 1. The van der Waals surface area contributed by atoms with Crippen LogP contribution in [-0.4, -0.2) is 18.0 Å². The van der Waals surface area contributed by atoms with Gasteiger partial charge >= 0.3 is 0 Å². The van der Waals surface area contributed by atoms with E-state index < -0.39 is 0 Å². The maximum Gasteiger partial charge on any atom is 0.0406 e. The third-order valence-electron chi connectivity index (χ3n) is 4.08. The second-order valence-corrected chi connectivity index (χ2v) is 6.01. The van der Waals surface area contributed by atoms with Gasteiger partial charge in [-0.15, -0.1) is 12.4 Å². The summed E-state index contributed by atoms with van der Waals surface area (Å²) in [5.41, 5.74) is 1.43. The average Bonchev–Trinajstić information content (AvgIpc) is 2.39. The van der Waals surface area contributed by atoms with Crippen LogP contribution in [-0.2, 0) is 0 Å². The van der Waals surface area contributed by atoms with Gasteiger partial charge in [0.25, 0.3) is 0 Å². The van der Waals surface area contributed by atoms with E-state index in [1.54, 1.807) is 0 Å². The van der Waals surface area contributed by atoms with Crippen LogP contribution in [0.4, 0.5) is 0 Å². The van der Waals surface area contributed by atoms with Gasteiger partial charge in [-0.3, -0.25) is 4.90 Å². The van der Waals surface area contributed by atoms with Crippen molar-refractivity contribution in [3.8, 4) is 0 Å². The highest BCUT2D eigenvalue weighted by molar-refractivity contribution is 6.30. The summed E-state index contributed by atoms with van der Waals surface area (Å²) < 4.78 is 0. The summed E-state index contributed by atoms with van der Waals surface area (Å²) in [6, 6.07) is 9.01. The first kappa shape index (κ1) is 16.8. The van der Waals surface area contributed by atoms with Gasteiger partial charge in [-0.1, -0.05) is 44.0 Å². The van der Waals surface area contributed by atoms with E-state index in [-0.39, 0.29) is 12.4 Å². The molecule has 1 saturated heterocycles. The molecule has 1 aromatic carbocycles.